The molecule has 4 radical (unpaired) electrons. The number of pyridine rings is 1. The summed E-state index contributed by atoms with van der Waals surface area (Å²) in [6.07, 6.45) is 1.02. The molecule has 0 aliphatic heterocycles. The van der Waals surface area contributed by atoms with Gasteiger partial charge in [0.25, 0.3) is 0 Å². The molecule has 0 saturated carbocycles. The zero-order chi connectivity index (χ0) is 17.4. The van der Waals surface area contributed by atoms with Crippen LogP contribution in [0.25, 0.3) is 22.0 Å². The summed E-state index contributed by atoms with van der Waals surface area (Å²) in [6.45, 7) is 8.63. The second kappa shape index (κ2) is 6.47. The van der Waals surface area contributed by atoms with E-state index in [1.165, 1.54) is 16.7 Å². The van der Waals surface area contributed by atoms with Gasteiger partial charge in [0.2, 0.25) is 0 Å². The number of aromatic nitrogens is 1. The minimum atomic E-state index is 0.401. The van der Waals surface area contributed by atoms with Gasteiger partial charge in [-0.2, -0.15) is 0 Å². The molecule has 2 aromatic carbocycles. The fourth-order valence-electron chi connectivity index (χ4n) is 3.33. The lowest BCUT2D eigenvalue weighted by molar-refractivity contribution is 0.648. The predicted molar refractivity (Wildman–Crippen MR) is 106 cm³/mol. The summed E-state index contributed by atoms with van der Waals surface area (Å²) in [7, 11) is 12.4. The third-order valence-corrected chi connectivity index (χ3v) is 4.28. The maximum atomic E-state index is 6.24. The number of benzene rings is 2. The van der Waals surface area contributed by atoms with Crippen LogP contribution in [-0.2, 0) is 6.42 Å². The molecule has 3 aromatic rings. The number of aryl methyl sites for hydroxylation is 2. The summed E-state index contributed by atoms with van der Waals surface area (Å²) < 4.78 is 0. The molecule has 116 valence electrons. The molecule has 0 N–H and O–H groups in total. The number of hydrogen-bond acceptors (Lipinski definition) is 1. The smallest absolute Gasteiger partial charge is 0.140 e. The van der Waals surface area contributed by atoms with Crippen LogP contribution in [0.15, 0.2) is 36.4 Å². The lowest BCUT2D eigenvalue weighted by Crippen LogP contribution is -2.30. The van der Waals surface area contributed by atoms with E-state index in [0.29, 0.717) is 17.0 Å². The van der Waals surface area contributed by atoms with Gasteiger partial charge in [-0.05, 0) is 54.9 Å². The standard InChI is InChI=1S/C21H21B2N/c1-12(2)7-15-5-6-17-18(11-15)19(22)21(23)24-20(17)16-9-13(3)8-14(4)10-16/h5-6,8-12H,7H2,1-4H3. The Labute approximate surface area is 147 Å². The van der Waals surface area contributed by atoms with Crippen LogP contribution >= 0.6 is 0 Å². The minimum absolute atomic E-state index is 0.401. The normalized spacial score (nSPS) is 11.4. The Morgan fingerprint density at radius 1 is 0.917 bits per heavy atom. The first-order chi connectivity index (χ1) is 11.3. The SMILES string of the molecule is [B]c1nc(-c2cc(C)cc(C)c2)c2ccc(CC(C)C)cc2c1[B]. The highest BCUT2D eigenvalue weighted by Crippen LogP contribution is 2.27. The molecule has 0 aliphatic rings. The van der Waals surface area contributed by atoms with E-state index in [0.717, 1.165) is 28.5 Å². The summed E-state index contributed by atoms with van der Waals surface area (Å²) in [5.41, 5.74) is 6.67. The van der Waals surface area contributed by atoms with Crippen molar-refractivity contribution < 1.29 is 0 Å². The third kappa shape index (κ3) is 3.26. The first-order valence-electron chi connectivity index (χ1n) is 8.41. The van der Waals surface area contributed by atoms with Crippen LogP contribution < -0.4 is 11.1 Å². The van der Waals surface area contributed by atoms with Crippen molar-refractivity contribution >= 4 is 37.5 Å². The largest absolute Gasteiger partial charge is 0.264 e. The van der Waals surface area contributed by atoms with Crippen LogP contribution in [0, 0.1) is 19.8 Å². The summed E-state index contributed by atoms with van der Waals surface area (Å²) >= 11 is 0. The Morgan fingerprint density at radius 3 is 2.21 bits per heavy atom. The van der Waals surface area contributed by atoms with Gasteiger partial charge in [0.15, 0.2) is 0 Å². The van der Waals surface area contributed by atoms with Crippen molar-refractivity contribution in [3.63, 3.8) is 0 Å². The quantitative estimate of drug-likeness (QED) is 0.677. The van der Waals surface area contributed by atoms with E-state index < -0.39 is 0 Å². The molecule has 0 saturated heterocycles. The van der Waals surface area contributed by atoms with Gasteiger partial charge >= 0.3 is 0 Å². The highest BCUT2D eigenvalue weighted by Gasteiger charge is 2.12. The molecule has 0 fully saturated rings. The Morgan fingerprint density at radius 2 is 1.58 bits per heavy atom. The van der Waals surface area contributed by atoms with Crippen molar-refractivity contribution in [3.05, 3.63) is 53.1 Å². The molecule has 0 atom stereocenters. The van der Waals surface area contributed by atoms with E-state index in [1.807, 2.05) is 0 Å². The summed E-state index contributed by atoms with van der Waals surface area (Å²) in [6, 6.07) is 12.9. The van der Waals surface area contributed by atoms with Crippen LogP contribution in [0.3, 0.4) is 0 Å². The lowest BCUT2D eigenvalue weighted by Gasteiger charge is -2.15. The van der Waals surface area contributed by atoms with E-state index in [9.17, 15) is 0 Å². The second-order valence-electron chi connectivity index (χ2n) is 7.11. The first kappa shape index (κ1) is 16.8. The predicted octanol–water partition coefficient (Wildman–Crippen LogP) is 3.30. The summed E-state index contributed by atoms with van der Waals surface area (Å²) in [5, 5.41) is 2.05. The second-order valence-corrected chi connectivity index (χ2v) is 7.11. The zero-order valence-electron chi connectivity index (χ0n) is 14.9. The Balaban J connectivity index is 2.27. The number of rotatable bonds is 3. The first-order valence-corrected chi connectivity index (χ1v) is 8.41. The van der Waals surface area contributed by atoms with Gasteiger partial charge in [0, 0.05) is 10.9 Å². The van der Waals surface area contributed by atoms with Gasteiger partial charge in [-0.3, -0.25) is 4.98 Å². The van der Waals surface area contributed by atoms with Crippen LogP contribution in [0.1, 0.15) is 30.5 Å². The fraction of sp³-hybridized carbons (Fsp3) is 0.286. The molecule has 0 spiro atoms. The van der Waals surface area contributed by atoms with Crippen LogP contribution in [-0.4, -0.2) is 20.7 Å². The van der Waals surface area contributed by atoms with E-state index >= 15 is 0 Å². The fourth-order valence-corrected chi connectivity index (χ4v) is 3.33. The molecular weight excluding hydrogens is 288 g/mol. The van der Waals surface area contributed by atoms with Crippen LogP contribution in [0.5, 0.6) is 0 Å². The monoisotopic (exact) mass is 309 g/mol. The van der Waals surface area contributed by atoms with Crippen molar-refractivity contribution in [2.45, 2.75) is 34.1 Å². The maximum absolute atomic E-state index is 6.24. The molecule has 0 unspecified atom stereocenters. The summed E-state index contributed by atoms with van der Waals surface area (Å²) in [4.78, 5) is 4.60. The molecular formula is C21H21B2N. The lowest BCUT2D eigenvalue weighted by atomic mass is 9.80. The van der Waals surface area contributed by atoms with E-state index in [4.69, 9.17) is 15.7 Å². The third-order valence-electron chi connectivity index (χ3n) is 4.28. The molecule has 1 aromatic heterocycles. The number of nitrogens with zero attached hydrogens (tertiary/aromatic N) is 1. The highest BCUT2D eigenvalue weighted by atomic mass is 14.7. The van der Waals surface area contributed by atoms with Crippen molar-refractivity contribution in [1.82, 2.24) is 4.98 Å². The Hall–Kier alpha value is -2.02. The van der Waals surface area contributed by atoms with Crippen molar-refractivity contribution in [2.75, 3.05) is 0 Å². The maximum Gasteiger partial charge on any atom is 0.140 e. The average Bonchev–Trinajstić information content (AvgIpc) is 2.49. The topological polar surface area (TPSA) is 12.9 Å². The molecule has 0 bridgehead atoms. The molecule has 3 rings (SSSR count). The van der Waals surface area contributed by atoms with Gasteiger partial charge in [-0.15, -0.1) is 0 Å². The van der Waals surface area contributed by atoms with Gasteiger partial charge < -0.3 is 0 Å². The van der Waals surface area contributed by atoms with E-state index in [-0.39, 0.29) is 0 Å². The average molecular weight is 309 g/mol. The van der Waals surface area contributed by atoms with Crippen LogP contribution in [0.4, 0.5) is 0 Å². The van der Waals surface area contributed by atoms with Crippen LogP contribution in [0.2, 0.25) is 0 Å². The Bertz CT molecular complexity index is 893. The van der Waals surface area contributed by atoms with Crippen molar-refractivity contribution in [2.24, 2.45) is 5.92 Å². The molecule has 3 heteroatoms. The Kier molecular flexibility index (Phi) is 4.54. The minimum Gasteiger partial charge on any atom is -0.264 e. The molecule has 1 heterocycles. The highest BCUT2D eigenvalue weighted by molar-refractivity contribution is 6.52. The van der Waals surface area contributed by atoms with Crippen molar-refractivity contribution in [1.29, 1.82) is 0 Å². The molecule has 0 amide bonds. The number of hydrogen-bond donors (Lipinski definition) is 0. The molecule has 1 nitrogen and oxygen atoms in total. The van der Waals surface area contributed by atoms with E-state index in [2.05, 4.69) is 69.1 Å². The zero-order valence-corrected chi connectivity index (χ0v) is 14.9. The summed E-state index contributed by atoms with van der Waals surface area (Å²) in [5.74, 6) is 0.599. The van der Waals surface area contributed by atoms with Crippen molar-refractivity contribution in [3.8, 4) is 11.3 Å². The van der Waals surface area contributed by atoms with E-state index in [1.54, 1.807) is 0 Å². The molecule has 24 heavy (non-hydrogen) atoms. The number of fused-ring (bicyclic) bond motifs is 1. The van der Waals surface area contributed by atoms with Gasteiger partial charge in [0.05, 0.1) is 5.69 Å². The van der Waals surface area contributed by atoms with Gasteiger partial charge in [0.1, 0.15) is 15.7 Å². The van der Waals surface area contributed by atoms with Gasteiger partial charge in [-0.25, -0.2) is 0 Å². The molecule has 0 aliphatic carbocycles. The van der Waals surface area contributed by atoms with Gasteiger partial charge in [-0.1, -0.05) is 54.7 Å².